The summed E-state index contributed by atoms with van der Waals surface area (Å²) in [5.41, 5.74) is 1.04. The molecule has 1 heterocycles. The molecule has 146 valence electrons. The van der Waals surface area contributed by atoms with E-state index in [0.29, 0.717) is 17.0 Å². The van der Waals surface area contributed by atoms with E-state index in [1.165, 1.54) is 36.6 Å². The number of furan rings is 1. The van der Waals surface area contributed by atoms with Crippen molar-refractivity contribution in [2.24, 2.45) is 0 Å². The van der Waals surface area contributed by atoms with Crippen molar-refractivity contribution in [1.29, 1.82) is 0 Å². The van der Waals surface area contributed by atoms with Crippen LogP contribution < -0.4 is 10.0 Å². The van der Waals surface area contributed by atoms with Crippen LogP contribution in [0.1, 0.15) is 21.7 Å². The number of benzene rings is 2. The highest BCUT2D eigenvalue weighted by Gasteiger charge is 2.19. The molecule has 0 aliphatic carbocycles. The lowest BCUT2D eigenvalue weighted by molar-refractivity contribution is 0.102. The number of rotatable bonds is 6. The van der Waals surface area contributed by atoms with Crippen molar-refractivity contribution in [3.63, 3.8) is 0 Å². The average molecular weight is 423 g/mol. The van der Waals surface area contributed by atoms with Crippen LogP contribution in [0.3, 0.4) is 0 Å². The molecule has 6 nitrogen and oxygen atoms in total. The molecule has 2 aromatic carbocycles. The lowest BCUT2D eigenvalue weighted by Crippen LogP contribution is -2.24. The third kappa shape index (κ3) is 4.59. The first-order chi connectivity index (χ1) is 13.3. The number of halogens is 2. The number of carbonyl (C=O) groups is 1. The molecular formula is C19H16ClFN2O4S. The van der Waals surface area contributed by atoms with Gasteiger partial charge in [-0.25, -0.2) is 17.5 Å². The molecule has 0 saturated heterocycles. The van der Waals surface area contributed by atoms with Gasteiger partial charge in [-0.15, -0.1) is 0 Å². The number of carbonyl (C=O) groups excluding carboxylic acids is 1. The van der Waals surface area contributed by atoms with Gasteiger partial charge in [-0.3, -0.25) is 4.79 Å². The van der Waals surface area contributed by atoms with Crippen LogP contribution in [0.25, 0.3) is 0 Å². The fourth-order valence-corrected chi connectivity index (χ4v) is 3.65. The van der Waals surface area contributed by atoms with E-state index in [1.54, 1.807) is 19.1 Å². The second kappa shape index (κ2) is 8.14. The van der Waals surface area contributed by atoms with Gasteiger partial charge in [0, 0.05) is 11.3 Å². The maximum Gasteiger partial charge on any atom is 0.255 e. The molecule has 0 aliphatic heterocycles. The van der Waals surface area contributed by atoms with Gasteiger partial charge in [-0.2, -0.15) is 0 Å². The van der Waals surface area contributed by atoms with Gasteiger partial charge < -0.3 is 9.73 Å². The Morgan fingerprint density at radius 3 is 2.64 bits per heavy atom. The highest BCUT2D eigenvalue weighted by atomic mass is 35.5. The summed E-state index contributed by atoms with van der Waals surface area (Å²) in [4.78, 5) is 12.5. The number of sulfonamides is 1. The summed E-state index contributed by atoms with van der Waals surface area (Å²) in [7, 11) is -3.86. The Labute approximate surface area is 166 Å². The van der Waals surface area contributed by atoms with E-state index in [0.717, 1.165) is 6.07 Å². The van der Waals surface area contributed by atoms with Gasteiger partial charge in [0.05, 0.1) is 22.7 Å². The normalized spacial score (nSPS) is 11.4. The van der Waals surface area contributed by atoms with Gasteiger partial charge in [-0.05, 0) is 55.0 Å². The average Bonchev–Trinajstić information content (AvgIpc) is 3.17. The first-order valence-corrected chi connectivity index (χ1v) is 10.0. The molecule has 3 aromatic rings. The number of aryl methyl sites for hydroxylation is 1. The zero-order valence-corrected chi connectivity index (χ0v) is 16.3. The summed E-state index contributed by atoms with van der Waals surface area (Å²) in [6.07, 6.45) is 1.44. The number of hydrogen-bond acceptors (Lipinski definition) is 4. The molecular weight excluding hydrogens is 407 g/mol. The molecule has 0 fully saturated rings. The van der Waals surface area contributed by atoms with Crippen molar-refractivity contribution in [1.82, 2.24) is 4.72 Å². The fourth-order valence-electron chi connectivity index (χ4n) is 2.45. The molecule has 0 spiro atoms. The van der Waals surface area contributed by atoms with Gasteiger partial charge in [0.25, 0.3) is 5.91 Å². The summed E-state index contributed by atoms with van der Waals surface area (Å²) in [6.45, 7) is 1.66. The highest BCUT2D eigenvalue weighted by Crippen LogP contribution is 2.21. The van der Waals surface area contributed by atoms with Crippen LogP contribution >= 0.6 is 11.6 Å². The van der Waals surface area contributed by atoms with Crippen LogP contribution in [0, 0.1) is 12.7 Å². The smallest absolute Gasteiger partial charge is 0.255 e. The summed E-state index contributed by atoms with van der Waals surface area (Å²) < 4.78 is 45.8. The fraction of sp³-hybridized carbons (Fsp3) is 0.105. The summed E-state index contributed by atoms with van der Waals surface area (Å²) in [5, 5.41) is 2.45. The van der Waals surface area contributed by atoms with E-state index in [1.807, 2.05) is 0 Å². The zero-order valence-electron chi connectivity index (χ0n) is 14.7. The Morgan fingerprint density at radius 2 is 1.96 bits per heavy atom. The number of nitrogens with one attached hydrogen (secondary N) is 2. The maximum absolute atomic E-state index is 13.3. The van der Waals surface area contributed by atoms with Crippen LogP contribution in [0.15, 0.2) is 64.1 Å². The Bertz CT molecular complexity index is 1110. The third-order valence-electron chi connectivity index (χ3n) is 3.96. The first kappa shape index (κ1) is 20.1. The summed E-state index contributed by atoms with van der Waals surface area (Å²) in [6, 6.07) is 11.3. The van der Waals surface area contributed by atoms with Crippen molar-refractivity contribution < 1.29 is 22.0 Å². The maximum atomic E-state index is 13.3. The van der Waals surface area contributed by atoms with E-state index in [4.69, 9.17) is 16.0 Å². The van der Waals surface area contributed by atoms with Gasteiger partial charge in [-0.1, -0.05) is 17.7 Å². The molecule has 9 heteroatoms. The minimum absolute atomic E-state index is 0.0151. The van der Waals surface area contributed by atoms with Crippen molar-refractivity contribution in [3.05, 3.63) is 82.5 Å². The van der Waals surface area contributed by atoms with Gasteiger partial charge in [0.15, 0.2) is 0 Å². The quantitative estimate of drug-likeness (QED) is 0.625. The van der Waals surface area contributed by atoms with Gasteiger partial charge in [0.1, 0.15) is 11.6 Å². The van der Waals surface area contributed by atoms with E-state index >= 15 is 0 Å². The molecule has 0 unspecified atom stereocenters. The van der Waals surface area contributed by atoms with E-state index in [9.17, 15) is 17.6 Å². The van der Waals surface area contributed by atoms with E-state index < -0.39 is 21.7 Å². The Kier molecular flexibility index (Phi) is 5.83. The molecule has 1 amide bonds. The second-order valence-electron chi connectivity index (χ2n) is 5.96. The van der Waals surface area contributed by atoms with Crippen LogP contribution in [0.2, 0.25) is 5.02 Å². The Hall–Kier alpha value is -2.68. The highest BCUT2D eigenvalue weighted by molar-refractivity contribution is 7.89. The lowest BCUT2D eigenvalue weighted by Gasteiger charge is -2.11. The molecule has 0 saturated carbocycles. The van der Waals surface area contributed by atoms with Crippen molar-refractivity contribution in [2.75, 3.05) is 5.32 Å². The minimum Gasteiger partial charge on any atom is -0.468 e. The van der Waals surface area contributed by atoms with Crippen molar-refractivity contribution in [3.8, 4) is 0 Å². The van der Waals surface area contributed by atoms with Gasteiger partial charge >= 0.3 is 0 Å². The Morgan fingerprint density at radius 1 is 1.18 bits per heavy atom. The van der Waals surface area contributed by atoms with Gasteiger partial charge in [0.2, 0.25) is 10.0 Å². The minimum atomic E-state index is -3.86. The van der Waals surface area contributed by atoms with Crippen LogP contribution in [-0.2, 0) is 16.6 Å². The zero-order chi connectivity index (χ0) is 20.3. The molecule has 0 aliphatic rings. The van der Waals surface area contributed by atoms with E-state index in [2.05, 4.69) is 10.0 Å². The summed E-state index contributed by atoms with van der Waals surface area (Å²) in [5.74, 6) is -0.684. The van der Waals surface area contributed by atoms with Crippen molar-refractivity contribution in [2.45, 2.75) is 18.4 Å². The summed E-state index contributed by atoms with van der Waals surface area (Å²) >= 11 is 5.72. The monoisotopic (exact) mass is 422 g/mol. The molecule has 0 atom stereocenters. The number of hydrogen-bond donors (Lipinski definition) is 2. The number of amides is 1. The SMILES string of the molecule is Cc1ccc(S(=O)(=O)NCc2ccco2)cc1C(=O)Nc1ccc(F)c(Cl)c1. The topological polar surface area (TPSA) is 88.4 Å². The van der Waals surface area contributed by atoms with Crippen molar-refractivity contribution >= 4 is 33.2 Å². The predicted octanol–water partition coefficient (Wildman–Crippen LogP) is 4.11. The third-order valence-corrected chi connectivity index (χ3v) is 5.65. The molecule has 0 radical (unpaired) electrons. The van der Waals surface area contributed by atoms with Crippen LogP contribution in [-0.4, -0.2) is 14.3 Å². The second-order valence-corrected chi connectivity index (χ2v) is 8.14. The molecule has 2 N–H and O–H groups in total. The van der Waals surface area contributed by atoms with E-state index in [-0.39, 0.29) is 22.0 Å². The number of anilines is 1. The molecule has 1 aromatic heterocycles. The largest absolute Gasteiger partial charge is 0.468 e. The van der Waals surface area contributed by atoms with Crippen LogP contribution in [0.5, 0.6) is 0 Å². The standard InChI is InChI=1S/C19H16ClFN2O4S/c1-12-4-6-15(28(25,26)22-11-14-3-2-8-27-14)10-16(12)19(24)23-13-5-7-18(21)17(20)9-13/h2-10,22H,11H2,1H3,(H,23,24). The first-order valence-electron chi connectivity index (χ1n) is 8.15. The predicted molar refractivity (Wildman–Crippen MR) is 103 cm³/mol. The molecule has 3 rings (SSSR count). The van der Waals surface area contributed by atoms with Crippen LogP contribution in [0.4, 0.5) is 10.1 Å². The molecule has 0 bridgehead atoms. The Balaban J connectivity index is 1.81. The molecule has 28 heavy (non-hydrogen) atoms. The lowest BCUT2D eigenvalue weighted by atomic mass is 10.1.